The third-order valence-corrected chi connectivity index (χ3v) is 3.27. The highest BCUT2D eigenvalue weighted by molar-refractivity contribution is 6.21. The SMILES string of the molecule is Cc1ccc(F)c(C(=O)N2CCC(Cl)C2)c1F. The van der Waals surface area contributed by atoms with Crippen molar-refractivity contribution in [2.75, 3.05) is 13.1 Å². The van der Waals surface area contributed by atoms with Gasteiger partial charge in [-0.3, -0.25) is 4.79 Å². The lowest BCUT2D eigenvalue weighted by Gasteiger charge is -2.16. The maximum atomic E-state index is 13.7. The maximum absolute atomic E-state index is 13.7. The molecule has 1 aromatic carbocycles. The van der Waals surface area contributed by atoms with Crippen molar-refractivity contribution in [2.24, 2.45) is 0 Å². The minimum atomic E-state index is -0.823. The Labute approximate surface area is 103 Å². The molecule has 0 spiro atoms. The molecule has 0 radical (unpaired) electrons. The second-order valence-electron chi connectivity index (χ2n) is 4.19. The third-order valence-electron chi connectivity index (χ3n) is 2.92. The van der Waals surface area contributed by atoms with Gasteiger partial charge in [0, 0.05) is 13.1 Å². The molecule has 1 unspecified atom stereocenters. The average Bonchev–Trinajstić information content (AvgIpc) is 2.71. The van der Waals surface area contributed by atoms with Crippen LogP contribution in [0.25, 0.3) is 0 Å². The summed E-state index contributed by atoms with van der Waals surface area (Å²) in [7, 11) is 0. The summed E-state index contributed by atoms with van der Waals surface area (Å²) in [5, 5.41) is -0.130. The van der Waals surface area contributed by atoms with Crippen LogP contribution < -0.4 is 0 Å². The van der Waals surface area contributed by atoms with E-state index in [1.807, 2.05) is 0 Å². The molecule has 0 bridgehead atoms. The molecule has 1 aliphatic rings. The Morgan fingerprint density at radius 2 is 2.18 bits per heavy atom. The molecule has 1 saturated heterocycles. The van der Waals surface area contributed by atoms with Crippen LogP contribution in [-0.4, -0.2) is 29.3 Å². The second-order valence-corrected chi connectivity index (χ2v) is 4.81. The predicted octanol–water partition coefficient (Wildman–Crippen LogP) is 2.73. The van der Waals surface area contributed by atoms with Crippen LogP contribution in [0.15, 0.2) is 12.1 Å². The zero-order valence-corrected chi connectivity index (χ0v) is 10.1. The van der Waals surface area contributed by atoms with E-state index in [0.717, 1.165) is 6.07 Å². The van der Waals surface area contributed by atoms with Crippen LogP contribution in [0, 0.1) is 18.6 Å². The Morgan fingerprint density at radius 1 is 1.47 bits per heavy atom. The van der Waals surface area contributed by atoms with Crippen molar-refractivity contribution in [3.63, 3.8) is 0 Å². The number of rotatable bonds is 1. The first kappa shape index (κ1) is 12.3. The molecule has 1 aromatic rings. The lowest BCUT2D eigenvalue weighted by Crippen LogP contribution is -2.30. The smallest absolute Gasteiger partial charge is 0.259 e. The van der Waals surface area contributed by atoms with Gasteiger partial charge in [0.1, 0.15) is 17.2 Å². The van der Waals surface area contributed by atoms with E-state index in [-0.39, 0.29) is 10.9 Å². The summed E-state index contributed by atoms with van der Waals surface area (Å²) in [4.78, 5) is 13.4. The molecule has 5 heteroatoms. The summed E-state index contributed by atoms with van der Waals surface area (Å²) in [6, 6.07) is 2.43. The van der Waals surface area contributed by atoms with Crippen molar-refractivity contribution in [2.45, 2.75) is 18.7 Å². The first-order chi connectivity index (χ1) is 8.00. The van der Waals surface area contributed by atoms with Gasteiger partial charge < -0.3 is 4.90 Å². The van der Waals surface area contributed by atoms with Gasteiger partial charge in [-0.05, 0) is 25.0 Å². The van der Waals surface area contributed by atoms with Gasteiger partial charge in [0.25, 0.3) is 5.91 Å². The van der Waals surface area contributed by atoms with Gasteiger partial charge in [-0.1, -0.05) is 6.07 Å². The van der Waals surface area contributed by atoms with Crippen molar-refractivity contribution in [1.82, 2.24) is 4.90 Å². The van der Waals surface area contributed by atoms with Crippen molar-refractivity contribution in [3.05, 3.63) is 34.9 Å². The molecule has 1 fully saturated rings. The quantitative estimate of drug-likeness (QED) is 0.710. The summed E-state index contributed by atoms with van der Waals surface area (Å²) in [6.07, 6.45) is 0.655. The zero-order valence-electron chi connectivity index (χ0n) is 9.34. The minimum absolute atomic E-state index is 0.130. The number of nitrogens with zero attached hydrogens (tertiary/aromatic N) is 1. The fourth-order valence-electron chi connectivity index (χ4n) is 1.91. The summed E-state index contributed by atoms with van der Waals surface area (Å²) in [6.45, 7) is 2.28. The fraction of sp³-hybridized carbons (Fsp3) is 0.417. The number of hydrogen-bond acceptors (Lipinski definition) is 1. The molecule has 0 N–H and O–H groups in total. The number of carbonyl (C=O) groups excluding carboxylic acids is 1. The van der Waals surface area contributed by atoms with E-state index in [1.165, 1.54) is 17.9 Å². The van der Waals surface area contributed by atoms with Crippen LogP contribution in [0.5, 0.6) is 0 Å². The van der Waals surface area contributed by atoms with E-state index in [1.54, 1.807) is 0 Å². The Kier molecular flexibility index (Phi) is 3.33. The largest absolute Gasteiger partial charge is 0.337 e. The number of hydrogen-bond donors (Lipinski definition) is 0. The monoisotopic (exact) mass is 259 g/mol. The van der Waals surface area contributed by atoms with Crippen LogP contribution in [-0.2, 0) is 0 Å². The molecular weight excluding hydrogens is 248 g/mol. The van der Waals surface area contributed by atoms with E-state index in [0.29, 0.717) is 19.5 Å². The molecule has 1 amide bonds. The van der Waals surface area contributed by atoms with E-state index >= 15 is 0 Å². The van der Waals surface area contributed by atoms with Crippen molar-refractivity contribution in [3.8, 4) is 0 Å². The van der Waals surface area contributed by atoms with Crippen molar-refractivity contribution >= 4 is 17.5 Å². The van der Waals surface area contributed by atoms with Gasteiger partial charge >= 0.3 is 0 Å². The van der Waals surface area contributed by atoms with Gasteiger partial charge in [-0.15, -0.1) is 11.6 Å². The lowest BCUT2D eigenvalue weighted by atomic mass is 10.1. The average molecular weight is 260 g/mol. The van der Waals surface area contributed by atoms with Gasteiger partial charge in [-0.25, -0.2) is 8.78 Å². The van der Waals surface area contributed by atoms with E-state index in [2.05, 4.69) is 0 Å². The van der Waals surface area contributed by atoms with Crippen LogP contribution in [0.1, 0.15) is 22.3 Å². The van der Waals surface area contributed by atoms with E-state index in [9.17, 15) is 13.6 Å². The van der Waals surface area contributed by atoms with Crippen molar-refractivity contribution < 1.29 is 13.6 Å². The number of amides is 1. The molecule has 1 atom stereocenters. The van der Waals surface area contributed by atoms with Crippen LogP contribution in [0.2, 0.25) is 0 Å². The Morgan fingerprint density at radius 3 is 2.76 bits per heavy atom. The first-order valence-corrected chi connectivity index (χ1v) is 5.82. The third kappa shape index (κ3) is 2.27. The Hall–Kier alpha value is -1.16. The number of alkyl halides is 1. The molecule has 0 saturated carbocycles. The Bertz CT molecular complexity index is 464. The standard InChI is InChI=1S/C12H12ClF2NO/c1-7-2-3-9(14)10(11(7)15)12(17)16-5-4-8(13)6-16/h2-3,8H,4-6H2,1H3. The van der Waals surface area contributed by atoms with Crippen LogP contribution in [0.4, 0.5) is 8.78 Å². The van der Waals surface area contributed by atoms with E-state index < -0.39 is 23.1 Å². The maximum Gasteiger partial charge on any atom is 0.259 e. The number of aryl methyl sites for hydroxylation is 1. The Balaban J connectivity index is 2.34. The van der Waals surface area contributed by atoms with Gasteiger partial charge in [0.2, 0.25) is 0 Å². The van der Waals surface area contributed by atoms with Gasteiger partial charge in [0.15, 0.2) is 0 Å². The topological polar surface area (TPSA) is 20.3 Å². The van der Waals surface area contributed by atoms with Gasteiger partial charge in [-0.2, -0.15) is 0 Å². The van der Waals surface area contributed by atoms with Crippen LogP contribution >= 0.6 is 11.6 Å². The lowest BCUT2D eigenvalue weighted by molar-refractivity contribution is 0.0783. The first-order valence-electron chi connectivity index (χ1n) is 5.38. The summed E-state index contributed by atoms with van der Waals surface area (Å²) in [5.74, 6) is -2.23. The van der Waals surface area contributed by atoms with Gasteiger partial charge in [0.05, 0.1) is 5.38 Å². The highest BCUT2D eigenvalue weighted by Crippen LogP contribution is 2.22. The summed E-state index contributed by atoms with van der Waals surface area (Å²) in [5.41, 5.74) is -0.216. The zero-order chi connectivity index (χ0) is 12.6. The summed E-state index contributed by atoms with van der Waals surface area (Å²) < 4.78 is 27.3. The molecule has 1 heterocycles. The predicted molar refractivity (Wildman–Crippen MR) is 61.3 cm³/mol. The highest BCUT2D eigenvalue weighted by Gasteiger charge is 2.29. The second kappa shape index (κ2) is 4.61. The van der Waals surface area contributed by atoms with Crippen LogP contribution in [0.3, 0.4) is 0 Å². The van der Waals surface area contributed by atoms with Crippen molar-refractivity contribution in [1.29, 1.82) is 0 Å². The minimum Gasteiger partial charge on any atom is -0.337 e. The molecule has 0 aliphatic carbocycles. The normalized spacial score (nSPS) is 19.8. The molecule has 92 valence electrons. The molecule has 2 rings (SSSR count). The number of carbonyl (C=O) groups is 1. The number of halogens is 3. The number of benzene rings is 1. The molecular formula is C12H12ClF2NO. The number of likely N-dealkylation sites (tertiary alicyclic amines) is 1. The summed E-state index contributed by atoms with van der Waals surface area (Å²) >= 11 is 5.87. The highest BCUT2D eigenvalue weighted by atomic mass is 35.5. The van der Waals surface area contributed by atoms with E-state index in [4.69, 9.17) is 11.6 Å². The fourth-order valence-corrected chi connectivity index (χ4v) is 2.18. The molecule has 17 heavy (non-hydrogen) atoms. The molecule has 1 aliphatic heterocycles. The molecule has 0 aromatic heterocycles. The molecule has 2 nitrogen and oxygen atoms in total.